The predicted octanol–water partition coefficient (Wildman–Crippen LogP) is 1.18. The van der Waals surface area contributed by atoms with Crippen molar-refractivity contribution in [1.29, 1.82) is 0 Å². The monoisotopic (exact) mass is 233 g/mol. The van der Waals surface area contributed by atoms with Crippen molar-refractivity contribution in [3.8, 4) is 0 Å². The van der Waals surface area contributed by atoms with Gasteiger partial charge in [-0.2, -0.15) is 4.98 Å². The molecule has 0 saturated carbocycles. The van der Waals surface area contributed by atoms with Gasteiger partial charge in [-0.25, -0.2) is 0 Å². The Morgan fingerprint density at radius 1 is 1.53 bits per heavy atom. The molecule has 6 nitrogen and oxygen atoms in total. The van der Waals surface area contributed by atoms with E-state index in [4.69, 9.17) is 8.94 Å². The van der Waals surface area contributed by atoms with Crippen molar-refractivity contribution in [1.82, 2.24) is 15.0 Å². The van der Waals surface area contributed by atoms with E-state index < -0.39 is 0 Å². The zero-order chi connectivity index (χ0) is 11.7. The van der Waals surface area contributed by atoms with Crippen LogP contribution in [0.5, 0.6) is 0 Å². The van der Waals surface area contributed by atoms with Crippen molar-refractivity contribution in [3.05, 3.63) is 36.4 Å². The molecule has 17 heavy (non-hydrogen) atoms. The molecule has 0 N–H and O–H groups in total. The number of carbonyl (C=O) groups is 1. The standard InChI is InChI=1S/C11H11N3O3/c15-10-4-8(11-12-7-17-13-11)5-14(10)6-9-2-1-3-16-9/h1-3,7-8H,4-6H2. The third-order valence-corrected chi connectivity index (χ3v) is 2.88. The lowest BCUT2D eigenvalue weighted by atomic mass is 10.1. The second-order valence-electron chi connectivity index (χ2n) is 4.04. The van der Waals surface area contributed by atoms with Crippen LogP contribution in [0.4, 0.5) is 0 Å². The molecule has 0 aromatic carbocycles. The first-order chi connectivity index (χ1) is 8.33. The molecule has 0 spiro atoms. The van der Waals surface area contributed by atoms with Crippen LogP contribution in [0.1, 0.15) is 23.9 Å². The van der Waals surface area contributed by atoms with Gasteiger partial charge in [0.1, 0.15) is 5.76 Å². The van der Waals surface area contributed by atoms with Gasteiger partial charge in [0.2, 0.25) is 12.3 Å². The van der Waals surface area contributed by atoms with E-state index in [1.165, 1.54) is 6.39 Å². The molecule has 2 aromatic heterocycles. The zero-order valence-electron chi connectivity index (χ0n) is 9.07. The molecule has 1 atom stereocenters. The molecule has 1 fully saturated rings. The van der Waals surface area contributed by atoms with Gasteiger partial charge >= 0.3 is 0 Å². The molecule has 0 bridgehead atoms. The van der Waals surface area contributed by atoms with Crippen molar-refractivity contribution >= 4 is 5.91 Å². The van der Waals surface area contributed by atoms with Crippen molar-refractivity contribution < 1.29 is 13.7 Å². The van der Waals surface area contributed by atoms with Crippen LogP contribution >= 0.6 is 0 Å². The highest BCUT2D eigenvalue weighted by molar-refractivity contribution is 5.79. The van der Waals surface area contributed by atoms with Crippen molar-refractivity contribution in [2.24, 2.45) is 0 Å². The van der Waals surface area contributed by atoms with Gasteiger partial charge in [0.15, 0.2) is 5.82 Å². The summed E-state index contributed by atoms with van der Waals surface area (Å²) in [6, 6.07) is 3.67. The highest BCUT2D eigenvalue weighted by Crippen LogP contribution is 2.26. The fourth-order valence-electron chi connectivity index (χ4n) is 2.05. The summed E-state index contributed by atoms with van der Waals surface area (Å²) in [6.45, 7) is 1.11. The summed E-state index contributed by atoms with van der Waals surface area (Å²) in [5.41, 5.74) is 0. The van der Waals surface area contributed by atoms with Crippen LogP contribution in [0.15, 0.2) is 33.7 Å². The molecular formula is C11H11N3O3. The van der Waals surface area contributed by atoms with Gasteiger partial charge < -0.3 is 13.8 Å². The molecule has 0 aliphatic carbocycles. The third kappa shape index (κ3) is 1.93. The number of hydrogen-bond acceptors (Lipinski definition) is 5. The van der Waals surface area contributed by atoms with Crippen LogP contribution in [0.2, 0.25) is 0 Å². The van der Waals surface area contributed by atoms with E-state index in [-0.39, 0.29) is 11.8 Å². The van der Waals surface area contributed by atoms with E-state index >= 15 is 0 Å². The summed E-state index contributed by atoms with van der Waals surface area (Å²) in [6.07, 6.45) is 3.32. The minimum atomic E-state index is 0.0243. The van der Waals surface area contributed by atoms with Crippen LogP contribution in [0, 0.1) is 0 Å². The number of amides is 1. The fraction of sp³-hybridized carbons (Fsp3) is 0.364. The average Bonchev–Trinajstić information content (AvgIpc) is 3.02. The highest BCUT2D eigenvalue weighted by Gasteiger charge is 2.33. The minimum Gasteiger partial charge on any atom is -0.467 e. The number of carbonyl (C=O) groups excluding carboxylic acids is 1. The molecule has 1 amide bonds. The first-order valence-corrected chi connectivity index (χ1v) is 5.39. The van der Waals surface area contributed by atoms with E-state index in [1.807, 2.05) is 12.1 Å². The first kappa shape index (κ1) is 10.1. The number of aromatic nitrogens is 2. The number of hydrogen-bond donors (Lipinski definition) is 0. The summed E-state index contributed by atoms with van der Waals surface area (Å²) >= 11 is 0. The summed E-state index contributed by atoms with van der Waals surface area (Å²) in [5.74, 6) is 1.50. The molecule has 3 rings (SSSR count). The highest BCUT2D eigenvalue weighted by atomic mass is 16.5. The van der Waals surface area contributed by atoms with E-state index in [1.54, 1.807) is 11.2 Å². The van der Waals surface area contributed by atoms with Crippen molar-refractivity contribution in [2.45, 2.75) is 18.9 Å². The third-order valence-electron chi connectivity index (χ3n) is 2.88. The Hall–Kier alpha value is -2.11. The Labute approximate surface area is 97.2 Å². The number of furan rings is 1. The maximum Gasteiger partial charge on any atom is 0.223 e. The second-order valence-corrected chi connectivity index (χ2v) is 4.04. The van der Waals surface area contributed by atoms with Gasteiger partial charge in [-0.05, 0) is 12.1 Å². The lowest BCUT2D eigenvalue weighted by Crippen LogP contribution is -2.24. The largest absolute Gasteiger partial charge is 0.467 e. The SMILES string of the molecule is O=C1CC(c2ncon2)CN1Cc1ccco1. The van der Waals surface area contributed by atoms with Crippen molar-refractivity contribution in [3.63, 3.8) is 0 Å². The van der Waals surface area contributed by atoms with Crippen LogP contribution in [-0.2, 0) is 11.3 Å². The number of nitrogens with zero attached hydrogens (tertiary/aromatic N) is 3. The normalized spacial score (nSPS) is 20.1. The molecule has 2 aromatic rings. The van der Waals surface area contributed by atoms with E-state index in [2.05, 4.69) is 10.1 Å². The zero-order valence-corrected chi connectivity index (χ0v) is 9.07. The van der Waals surface area contributed by atoms with Gasteiger partial charge in [-0.1, -0.05) is 5.16 Å². The quantitative estimate of drug-likeness (QED) is 0.795. The summed E-state index contributed by atoms with van der Waals surface area (Å²) in [4.78, 5) is 17.5. The Bertz CT molecular complexity index is 492. The van der Waals surface area contributed by atoms with E-state index in [9.17, 15) is 4.79 Å². The molecule has 88 valence electrons. The smallest absolute Gasteiger partial charge is 0.223 e. The Morgan fingerprint density at radius 3 is 3.18 bits per heavy atom. The Morgan fingerprint density at radius 2 is 2.47 bits per heavy atom. The first-order valence-electron chi connectivity index (χ1n) is 5.39. The molecular weight excluding hydrogens is 222 g/mol. The maximum atomic E-state index is 11.8. The Kier molecular flexibility index (Phi) is 2.40. The fourth-order valence-corrected chi connectivity index (χ4v) is 2.05. The predicted molar refractivity (Wildman–Crippen MR) is 55.8 cm³/mol. The molecule has 1 unspecified atom stereocenters. The van der Waals surface area contributed by atoms with Gasteiger partial charge in [0, 0.05) is 18.9 Å². The number of likely N-dealkylation sites (tertiary alicyclic amines) is 1. The molecule has 0 radical (unpaired) electrons. The minimum absolute atomic E-state index is 0.0243. The molecule has 1 aliphatic rings. The Balaban J connectivity index is 1.70. The molecule has 6 heteroatoms. The van der Waals surface area contributed by atoms with Gasteiger partial charge in [0.05, 0.1) is 12.8 Å². The number of rotatable bonds is 3. The van der Waals surface area contributed by atoms with Crippen LogP contribution < -0.4 is 0 Å². The summed E-state index contributed by atoms with van der Waals surface area (Å²) in [5, 5.41) is 3.78. The molecule has 1 saturated heterocycles. The van der Waals surface area contributed by atoms with Gasteiger partial charge in [-0.3, -0.25) is 4.79 Å². The second kappa shape index (κ2) is 4.04. The van der Waals surface area contributed by atoms with Crippen LogP contribution in [0.3, 0.4) is 0 Å². The van der Waals surface area contributed by atoms with Gasteiger partial charge in [-0.15, -0.1) is 0 Å². The maximum absolute atomic E-state index is 11.8. The van der Waals surface area contributed by atoms with Crippen LogP contribution in [0.25, 0.3) is 0 Å². The molecule has 1 aliphatic heterocycles. The average molecular weight is 233 g/mol. The molecule has 3 heterocycles. The van der Waals surface area contributed by atoms with Gasteiger partial charge in [0.25, 0.3) is 0 Å². The summed E-state index contributed by atoms with van der Waals surface area (Å²) < 4.78 is 9.92. The lowest BCUT2D eigenvalue weighted by molar-refractivity contribution is -0.128. The topological polar surface area (TPSA) is 72.4 Å². The van der Waals surface area contributed by atoms with Crippen molar-refractivity contribution in [2.75, 3.05) is 6.54 Å². The van der Waals surface area contributed by atoms with Crippen LogP contribution in [-0.4, -0.2) is 27.5 Å². The summed E-state index contributed by atoms with van der Waals surface area (Å²) in [7, 11) is 0. The van der Waals surface area contributed by atoms with E-state index in [0.717, 1.165) is 5.76 Å². The lowest BCUT2D eigenvalue weighted by Gasteiger charge is -2.13. The van der Waals surface area contributed by atoms with E-state index in [0.29, 0.717) is 25.3 Å².